The summed E-state index contributed by atoms with van der Waals surface area (Å²) in [5.41, 5.74) is 0.741. The lowest BCUT2D eigenvalue weighted by atomic mass is 10.1. The summed E-state index contributed by atoms with van der Waals surface area (Å²) in [6, 6.07) is 18.1. The Kier molecular flexibility index (Phi) is 10.8. The minimum atomic E-state index is -4.19. The lowest BCUT2D eigenvalue weighted by Gasteiger charge is -2.32. The molecule has 3 aromatic rings. The Hall–Kier alpha value is -3.27. The van der Waals surface area contributed by atoms with Crippen LogP contribution < -0.4 is 14.4 Å². The van der Waals surface area contributed by atoms with E-state index in [2.05, 4.69) is 5.32 Å². The van der Waals surface area contributed by atoms with Crippen LogP contribution in [-0.4, -0.2) is 50.9 Å². The zero-order valence-corrected chi connectivity index (χ0v) is 25.1. The van der Waals surface area contributed by atoms with Gasteiger partial charge in [-0.2, -0.15) is 0 Å². The van der Waals surface area contributed by atoms with E-state index in [1.165, 1.54) is 36.3 Å². The molecule has 0 aliphatic rings. The van der Waals surface area contributed by atoms with E-state index in [9.17, 15) is 18.0 Å². The van der Waals surface area contributed by atoms with Gasteiger partial charge >= 0.3 is 0 Å². The third-order valence-corrected chi connectivity index (χ3v) is 9.03. The number of sulfonamides is 1. The number of carbonyl (C=O) groups excluding carboxylic acids is 2. The molecule has 0 spiro atoms. The number of rotatable bonds is 12. The maximum atomic E-state index is 14.0. The van der Waals surface area contributed by atoms with Gasteiger partial charge < -0.3 is 15.0 Å². The average Bonchev–Trinajstić information content (AvgIpc) is 2.95. The van der Waals surface area contributed by atoms with Gasteiger partial charge in [-0.3, -0.25) is 13.9 Å². The summed E-state index contributed by atoms with van der Waals surface area (Å²) in [5.74, 6) is -0.496. The number of nitrogens with zero attached hydrogens (tertiary/aromatic N) is 2. The molecular weight excluding hydrogens is 573 g/mol. The average molecular weight is 607 g/mol. The second-order valence-corrected chi connectivity index (χ2v) is 11.9. The Morgan fingerprint density at radius 3 is 2.08 bits per heavy atom. The molecule has 0 aromatic heterocycles. The molecule has 0 radical (unpaired) electrons. The maximum absolute atomic E-state index is 14.0. The predicted molar refractivity (Wildman–Crippen MR) is 158 cm³/mol. The number of hydrogen-bond donors (Lipinski definition) is 1. The summed E-state index contributed by atoms with van der Waals surface area (Å²) in [7, 11) is -2.71. The standard InChI is InChI=1S/C29H33Cl2N3O5S/c1-5-20(2)32-29(36)21(3)33(18-25-26(30)12-9-13-27(25)31)28(35)19-34(22-10-7-6-8-11-22)40(37,38)24-16-14-23(39-4)15-17-24/h6-17,20-21H,5,18-19H2,1-4H3,(H,32,36)/t20-,21-/m0/s1. The van der Waals surface area contributed by atoms with E-state index >= 15 is 0 Å². The van der Waals surface area contributed by atoms with E-state index in [0.717, 1.165) is 4.31 Å². The van der Waals surface area contributed by atoms with E-state index < -0.39 is 28.5 Å². The quantitative estimate of drug-likeness (QED) is 0.293. The Bertz CT molecular complexity index is 1400. The lowest BCUT2D eigenvalue weighted by Crippen LogP contribution is -2.52. The first-order valence-electron chi connectivity index (χ1n) is 12.7. The molecule has 0 saturated carbocycles. The van der Waals surface area contributed by atoms with Gasteiger partial charge in [0.1, 0.15) is 18.3 Å². The van der Waals surface area contributed by atoms with Gasteiger partial charge in [0.25, 0.3) is 10.0 Å². The Labute approximate surface area is 245 Å². The molecule has 3 rings (SSSR count). The van der Waals surface area contributed by atoms with Gasteiger partial charge in [0, 0.05) is 28.2 Å². The summed E-state index contributed by atoms with van der Waals surface area (Å²) >= 11 is 12.8. The first-order chi connectivity index (χ1) is 19.0. The highest BCUT2D eigenvalue weighted by Crippen LogP contribution is 2.28. The highest BCUT2D eigenvalue weighted by atomic mass is 35.5. The van der Waals surface area contributed by atoms with E-state index in [4.69, 9.17) is 27.9 Å². The Morgan fingerprint density at radius 2 is 1.52 bits per heavy atom. The second-order valence-electron chi connectivity index (χ2n) is 9.24. The third-order valence-electron chi connectivity index (χ3n) is 6.53. The van der Waals surface area contributed by atoms with Crippen molar-refractivity contribution in [2.24, 2.45) is 0 Å². The van der Waals surface area contributed by atoms with E-state index in [-0.39, 0.29) is 23.4 Å². The molecule has 8 nitrogen and oxygen atoms in total. The number of halogens is 2. The molecule has 0 heterocycles. The number of para-hydroxylation sites is 1. The van der Waals surface area contributed by atoms with Crippen LogP contribution in [0.4, 0.5) is 5.69 Å². The molecule has 2 atom stereocenters. The molecule has 214 valence electrons. The van der Waals surface area contributed by atoms with Crippen molar-refractivity contribution in [3.05, 3.63) is 88.4 Å². The number of anilines is 1. The van der Waals surface area contributed by atoms with Gasteiger partial charge in [-0.1, -0.05) is 54.4 Å². The first kappa shape index (κ1) is 31.3. The summed E-state index contributed by atoms with van der Waals surface area (Å²) in [6.07, 6.45) is 0.699. The van der Waals surface area contributed by atoms with Crippen LogP contribution >= 0.6 is 23.2 Å². The zero-order valence-electron chi connectivity index (χ0n) is 22.8. The number of nitrogens with one attached hydrogen (secondary N) is 1. The van der Waals surface area contributed by atoms with Crippen LogP contribution in [0.15, 0.2) is 77.7 Å². The number of ether oxygens (including phenoxy) is 1. The van der Waals surface area contributed by atoms with Gasteiger partial charge in [-0.25, -0.2) is 8.42 Å². The zero-order chi connectivity index (χ0) is 29.4. The van der Waals surface area contributed by atoms with Gasteiger partial charge in [-0.05, 0) is 68.8 Å². The van der Waals surface area contributed by atoms with Crippen molar-refractivity contribution < 1.29 is 22.7 Å². The molecular formula is C29H33Cl2N3O5S. The topological polar surface area (TPSA) is 96.0 Å². The minimum Gasteiger partial charge on any atom is -0.497 e. The monoisotopic (exact) mass is 605 g/mol. The molecule has 3 aromatic carbocycles. The highest BCUT2D eigenvalue weighted by Gasteiger charge is 2.33. The van der Waals surface area contributed by atoms with Crippen molar-refractivity contribution in [3.8, 4) is 5.75 Å². The Morgan fingerprint density at radius 1 is 0.925 bits per heavy atom. The smallest absolute Gasteiger partial charge is 0.264 e. The molecule has 0 saturated heterocycles. The normalized spacial score (nSPS) is 12.8. The fourth-order valence-corrected chi connectivity index (χ4v) is 5.83. The summed E-state index contributed by atoms with van der Waals surface area (Å²) in [5, 5.41) is 3.54. The van der Waals surface area contributed by atoms with Gasteiger partial charge in [0.05, 0.1) is 17.7 Å². The van der Waals surface area contributed by atoms with Crippen LogP contribution in [0.5, 0.6) is 5.75 Å². The van der Waals surface area contributed by atoms with Crippen LogP contribution in [0.3, 0.4) is 0 Å². The fourth-order valence-electron chi connectivity index (χ4n) is 3.90. The van der Waals surface area contributed by atoms with E-state index in [1.54, 1.807) is 55.5 Å². The maximum Gasteiger partial charge on any atom is 0.264 e. The van der Waals surface area contributed by atoms with Gasteiger partial charge in [0.2, 0.25) is 11.8 Å². The largest absolute Gasteiger partial charge is 0.497 e. The van der Waals surface area contributed by atoms with Crippen molar-refractivity contribution in [1.82, 2.24) is 10.2 Å². The fraction of sp³-hybridized carbons (Fsp3) is 0.310. The highest BCUT2D eigenvalue weighted by molar-refractivity contribution is 7.92. The van der Waals surface area contributed by atoms with Crippen LogP contribution in [0, 0.1) is 0 Å². The number of hydrogen-bond acceptors (Lipinski definition) is 5. The number of amides is 2. The number of methoxy groups -OCH3 is 1. The SMILES string of the molecule is CC[C@H](C)NC(=O)[C@H](C)N(Cc1c(Cl)cccc1Cl)C(=O)CN(c1ccccc1)S(=O)(=O)c1ccc(OC)cc1. The molecule has 0 bridgehead atoms. The van der Waals surface area contributed by atoms with Crippen molar-refractivity contribution in [3.63, 3.8) is 0 Å². The van der Waals surface area contributed by atoms with E-state index in [1.807, 2.05) is 13.8 Å². The molecule has 0 fully saturated rings. The van der Waals surface area contributed by atoms with Crippen LogP contribution in [0.25, 0.3) is 0 Å². The molecule has 11 heteroatoms. The van der Waals surface area contributed by atoms with Crippen molar-refractivity contribution in [2.75, 3.05) is 18.0 Å². The van der Waals surface area contributed by atoms with Gasteiger partial charge in [-0.15, -0.1) is 0 Å². The first-order valence-corrected chi connectivity index (χ1v) is 14.9. The summed E-state index contributed by atoms with van der Waals surface area (Å²) in [6.45, 7) is 4.72. The van der Waals surface area contributed by atoms with Crippen molar-refractivity contribution >= 4 is 50.7 Å². The summed E-state index contributed by atoms with van der Waals surface area (Å²) < 4.78 is 33.9. The molecule has 0 aliphatic heterocycles. The molecule has 0 unspecified atom stereocenters. The minimum absolute atomic E-state index is 0.0202. The van der Waals surface area contributed by atoms with Gasteiger partial charge in [0.15, 0.2) is 0 Å². The van der Waals surface area contributed by atoms with Crippen LogP contribution in [0.1, 0.15) is 32.8 Å². The molecule has 1 N–H and O–H groups in total. The summed E-state index contributed by atoms with van der Waals surface area (Å²) in [4.78, 5) is 28.4. The third kappa shape index (κ3) is 7.47. The van der Waals surface area contributed by atoms with Crippen LogP contribution in [0.2, 0.25) is 10.0 Å². The molecule has 0 aliphatic carbocycles. The van der Waals surface area contributed by atoms with E-state index in [0.29, 0.717) is 33.5 Å². The molecule has 40 heavy (non-hydrogen) atoms. The predicted octanol–water partition coefficient (Wildman–Crippen LogP) is 5.53. The molecule has 2 amide bonds. The number of carbonyl (C=O) groups is 2. The second kappa shape index (κ2) is 13.9. The number of benzene rings is 3. The van der Waals surface area contributed by atoms with Crippen LogP contribution in [-0.2, 0) is 26.2 Å². The Balaban J connectivity index is 2.04. The lowest BCUT2D eigenvalue weighted by molar-refractivity contribution is -0.139. The van der Waals surface area contributed by atoms with Crippen molar-refractivity contribution in [1.29, 1.82) is 0 Å². The van der Waals surface area contributed by atoms with Crippen molar-refractivity contribution in [2.45, 2.75) is 50.7 Å².